The number of ether oxygens (including phenoxy) is 2. The van der Waals surface area contributed by atoms with Gasteiger partial charge in [0.05, 0.1) is 6.26 Å². The Balaban J connectivity index is 1.80. The summed E-state index contributed by atoms with van der Waals surface area (Å²) in [7, 11) is 0. The third-order valence-electron chi connectivity index (χ3n) is 2.60. The van der Waals surface area contributed by atoms with E-state index in [1.165, 1.54) is 6.08 Å². The summed E-state index contributed by atoms with van der Waals surface area (Å²) in [6.07, 6.45) is 4.66. The van der Waals surface area contributed by atoms with E-state index in [0.717, 1.165) is 0 Å². The van der Waals surface area contributed by atoms with Gasteiger partial charge in [-0.3, -0.25) is 4.79 Å². The molecule has 0 aliphatic carbocycles. The second kappa shape index (κ2) is 4.41. The van der Waals surface area contributed by atoms with Crippen LogP contribution in [0.5, 0.6) is 11.5 Å². The van der Waals surface area contributed by atoms with E-state index in [4.69, 9.17) is 13.9 Å². The Morgan fingerprint density at radius 1 is 1.17 bits per heavy atom. The highest BCUT2D eigenvalue weighted by Gasteiger charge is 2.14. The van der Waals surface area contributed by atoms with Crippen molar-refractivity contribution in [2.75, 3.05) is 6.79 Å². The van der Waals surface area contributed by atoms with Gasteiger partial charge >= 0.3 is 0 Å². The molecule has 90 valence electrons. The molecule has 1 aromatic heterocycles. The van der Waals surface area contributed by atoms with Crippen LogP contribution in [0, 0.1) is 0 Å². The van der Waals surface area contributed by atoms with Gasteiger partial charge in [-0.2, -0.15) is 0 Å². The first-order chi connectivity index (χ1) is 8.83. The fourth-order valence-electron chi connectivity index (χ4n) is 1.69. The van der Waals surface area contributed by atoms with Crippen LogP contribution < -0.4 is 9.47 Å². The van der Waals surface area contributed by atoms with Gasteiger partial charge in [-0.1, -0.05) is 0 Å². The van der Waals surface area contributed by atoms with E-state index in [9.17, 15) is 4.79 Å². The Labute approximate surface area is 103 Å². The Morgan fingerprint density at radius 3 is 2.89 bits per heavy atom. The van der Waals surface area contributed by atoms with Gasteiger partial charge in [0.15, 0.2) is 17.3 Å². The summed E-state index contributed by atoms with van der Waals surface area (Å²) in [5.74, 6) is 1.81. The first-order valence-electron chi connectivity index (χ1n) is 5.48. The lowest BCUT2D eigenvalue weighted by Gasteiger charge is -1.98. The number of hydrogen-bond acceptors (Lipinski definition) is 4. The summed E-state index contributed by atoms with van der Waals surface area (Å²) >= 11 is 0. The summed E-state index contributed by atoms with van der Waals surface area (Å²) in [6.45, 7) is 0.204. The highest BCUT2D eigenvalue weighted by molar-refractivity contribution is 6.07. The molecule has 0 saturated heterocycles. The van der Waals surface area contributed by atoms with E-state index in [0.29, 0.717) is 22.8 Å². The number of fused-ring (bicyclic) bond motifs is 1. The molecule has 0 amide bonds. The van der Waals surface area contributed by atoms with E-state index in [1.807, 2.05) is 0 Å². The molecule has 3 rings (SSSR count). The molecule has 1 aliphatic rings. The zero-order valence-electron chi connectivity index (χ0n) is 9.46. The summed E-state index contributed by atoms with van der Waals surface area (Å²) < 4.78 is 15.5. The molecule has 0 spiro atoms. The van der Waals surface area contributed by atoms with Crippen molar-refractivity contribution in [3.8, 4) is 11.5 Å². The molecule has 0 unspecified atom stereocenters. The van der Waals surface area contributed by atoms with Crippen molar-refractivity contribution in [3.63, 3.8) is 0 Å². The predicted octanol–water partition coefficient (Wildman–Crippen LogP) is 2.90. The minimum absolute atomic E-state index is 0.107. The number of carbonyl (C=O) groups excluding carboxylic acids is 1. The molecule has 2 heterocycles. The van der Waals surface area contributed by atoms with Gasteiger partial charge in [-0.05, 0) is 42.5 Å². The Bertz CT molecular complexity index is 596. The van der Waals surface area contributed by atoms with Gasteiger partial charge < -0.3 is 13.9 Å². The third kappa shape index (κ3) is 2.00. The zero-order chi connectivity index (χ0) is 12.4. The SMILES string of the molecule is O=C(/C=C\c1ccco1)c1ccc2c(c1)OCO2. The molecule has 4 nitrogen and oxygen atoms in total. The quantitative estimate of drug-likeness (QED) is 0.613. The summed E-state index contributed by atoms with van der Waals surface area (Å²) in [5, 5.41) is 0. The molecule has 0 fully saturated rings. The molecule has 0 atom stereocenters. The number of hydrogen-bond donors (Lipinski definition) is 0. The van der Waals surface area contributed by atoms with E-state index < -0.39 is 0 Å². The van der Waals surface area contributed by atoms with Crippen molar-refractivity contribution in [2.45, 2.75) is 0 Å². The normalized spacial score (nSPS) is 13.1. The first kappa shape index (κ1) is 10.7. The molecule has 18 heavy (non-hydrogen) atoms. The minimum atomic E-state index is -0.107. The Morgan fingerprint density at radius 2 is 2.06 bits per heavy atom. The number of rotatable bonds is 3. The van der Waals surface area contributed by atoms with Crippen LogP contribution in [0.3, 0.4) is 0 Å². The maximum Gasteiger partial charge on any atom is 0.231 e. The smallest absolute Gasteiger partial charge is 0.231 e. The lowest BCUT2D eigenvalue weighted by Crippen LogP contribution is -1.94. The largest absolute Gasteiger partial charge is 0.465 e. The van der Waals surface area contributed by atoms with Crippen LogP contribution in [-0.4, -0.2) is 12.6 Å². The van der Waals surface area contributed by atoms with Gasteiger partial charge in [-0.25, -0.2) is 0 Å². The van der Waals surface area contributed by atoms with Crippen LogP contribution in [-0.2, 0) is 0 Å². The second-order valence-electron chi connectivity index (χ2n) is 3.78. The van der Waals surface area contributed by atoms with E-state index in [1.54, 1.807) is 42.7 Å². The fraction of sp³-hybridized carbons (Fsp3) is 0.0714. The maximum absolute atomic E-state index is 11.9. The molecular weight excluding hydrogens is 232 g/mol. The van der Waals surface area contributed by atoms with Crippen LogP contribution in [0.4, 0.5) is 0 Å². The molecule has 0 saturated carbocycles. The second-order valence-corrected chi connectivity index (χ2v) is 3.78. The van der Waals surface area contributed by atoms with Crippen LogP contribution in [0.15, 0.2) is 47.1 Å². The van der Waals surface area contributed by atoms with E-state index in [-0.39, 0.29) is 12.6 Å². The third-order valence-corrected chi connectivity index (χ3v) is 2.60. The molecule has 2 aromatic rings. The van der Waals surface area contributed by atoms with Crippen molar-refractivity contribution in [3.05, 3.63) is 54.0 Å². The Kier molecular flexibility index (Phi) is 2.61. The topological polar surface area (TPSA) is 48.7 Å². The van der Waals surface area contributed by atoms with Gasteiger partial charge in [-0.15, -0.1) is 0 Å². The fourth-order valence-corrected chi connectivity index (χ4v) is 1.69. The van der Waals surface area contributed by atoms with E-state index >= 15 is 0 Å². The molecule has 0 N–H and O–H groups in total. The standard InChI is InChI=1S/C14H10O4/c15-12(5-4-11-2-1-7-16-11)10-3-6-13-14(8-10)18-9-17-13/h1-8H,9H2/b5-4-. The molecule has 4 heteroatoms. The van der Waals surface area contributed by atoms with Crippen LogP contribution in [0.2, 0.25) is 0 Å². The van der Waals surface area contributed by atoms with Crippen molar-refractivity contribution in [2.24, 2.45) is 0 Å². The van der Waals surface area contributed by atoms with Gasteiger partial charge in [0.25, 0.3) is 0 Å². The van der Waals surface area contributed by atoms with Gasteiger partial charge in [0.2, 0.25) is 6.79 Å². The average Bonchev–Trinajstić information content (AvgIpc) is 3.05. The summed E-state index contributed by atoms with van der Waals surface area (Å²) in [5.41, 5.74) is 0.557. The number of carbonyl (C=O) groups is 1. The van der Waals surface area contributed by atoms with Crippen molar-refractivity contribution >= 4 is 11.9 Å². The van der Waals surface area contributed by atoms with E-state index in [2.05, 4.69) is 0 Å². The molecule has 1 aromatic carbocycles. The zero-order valence-corrected chi connectivity index (χ0v) is 9.46. The van der Waals surface area contributed by atoms with Gasteiger partial charge in [0, 0.05) is 5.56 Å². The number of allylic oxidation sites excluding steroid dienone is 1. The molecule has 0 radical (unpaired) electrons. The molecule has 1 aliphatic heterocycles. The molecular formula is C14H10O4. The van der Waals surface area contributed by atoms with Gasteiger partial charge in [0.1, 0.15) is 5.76 Å². The monoisotopic (exact) mass is 242 g/mol. The first-order valence-corrected chi connectivity index (χ1v) is 5.48. The van der Waals surface area contributed by atoms with Crippen LogP contribution in [0.25, 0.3) is 6.08 Å². The minimum Gasteiger partial charge on any atom is -0.465 e. The predicted molar refractivity (Wildman–Crippen MR) is 64.6 cm³/mol. The number of benzene rings is 1. The lowest BCUT2D eigenvalue weighted by atomic mass is 10.1. The highest BCUT2D eigenvalue weighted by atomic mass is 16.7. The molecule has 0 bridgehead atoms. The summed E-state index contributed by atoms with van der Waals surface area (Å²) in [4.78, 5) is 11.9. The van der Waals surface area contributed by atoms with Crippen molar-refractivity contribution < 1.29 is 18.7 Å². The number of ketones is 1. The Hall–Kier alpha value is -2.49. The lowest BCUT2D eigenvalue weighted by molar-refractivity contribution is 0.104. The van der Waals surface area contributed by atoms with Crippen molar-refractivity contribution in [1.29, 1.82) is 0 Å². The summed E-state index contributed by atoms with van der Waals surface area (Å²) in [6, 6.07) is 8.67. The van der Waals surface area contributed by atoms with Crippen LogP contribution in [0.1, 0.15) is 16.1 Å². The average molecular weight is 242 g/mol. The van der Waals surface area contributed by atoms with Crippen LogP contribution >= 0.6 is 0 Å². The number of furan rings is 1. The maximum atomic E-state index is 11.9. The van der Waals surface area contributed by atoms with Crippen molar-refractivity contribution in [1.82, 2.24) is 0 Å². The highest BCUT2D eigenvalue weighted by Crippen LogP contribution is 2.32.